The van der Waals surface area contributed by atoms with E-state index < -0.39 is 65.7 Å². The third kappa shape index (κ3) is 11.5. The van der Waals surface area contributed by atoms with Gasteiger partial charge in [-0.3, -0.25) is 23.7 Å². The molecule has 0 radical (unpaired) electrons. The van der Waals surface area contributed by atoms with Gasteiger partial charge in [-0.05, 0) is 0 Å². The molecule has 1 amide bonds. The van der Waals surface area contributed by atoms with E-state index in [0.29, 0.717) is 0 Å². The Morgan fingerprint density at radius 3 is 2.51 bits per heavy atom. The van der Waals surface area contributed by atoms with E-state index in [9.17, 15) is 38.1 Å². The second-order valence-corrected chi connectivity index (χ2v) is 11.8. The number of nitrogens with one attached hydrogen (secondary N) is 2. The first-order valence-electron chi connectivity index (χ1n) is 10.4. The molecule has 0 spiro atoms. The molecule has 1 aliphatic rings. The summed E-state index contributed by atoms with van der Waals surface area (Å²) in [7, 11) is -16.8. The predicted molar refractivity (Wildman–Crippen MR) is 123 cm³/mol. The van der Waals surface area contributed by atoms with E-state index in [1.807, 2.05) is 4.98 Å². The fourth-order valence-electron chi connectivity index (χ4n) is 2.86. The zero-order chi connectivity index (χ0) is 29.4. The largest absolute Gasteiger partial charge is 0.490 e. The summed E-state index contributed by atoms with van der Waals surface area (Å²) < 4.78 is 56.5. The summed E-state index contributed by atoms with van der Waals surface area (Å²) in [5.41, 5.74) is -2.06. The van der Waals surface area contributed by atoms with Gasteiger partial charge in [-0.15, -0.1) is 0 Å². The average molecular weight is 623 g/mol. The van der Waals surface area contributed by atoms with Crippen LogP contribution in [0.3, 0.4) is 0 Å². The summed E-state index contributed by atoms with van der Waals surface area (Å²) in [6.07, 6.45) is -3.39. The highest BCUT2D eigenvalue weighted by Gasteiger charge is 2.43. The monoisotopic (exact) mass is 623 g/mol. The summed E-state index contributed by atoms with van der Waals surface area (Å²) in [6.45, 7) is -1.78. The number of phosphoric acid groups is 3. The lowest BCUT2D eigenvalue weighted by Crippen LogP contribution is -2.34. The molecule has 39 heavy (non-hydrogen) atoms. The van der Waals surface area contributed by atoms with Crippen LogP contribution in [0.4, 0.5) is 0 Å². The molecule has 2 rings (SSSR count). The molecule has 23 heteroatoms. The Bertz CT molecular complexity index is 1340. The molecule has 2 unspecified atom stereocenters. The Balaban J connectivity index is 2.03. The first-order chi connectivity index (χ1) is 18.0. The van der Waals surface area contributed by atoms with Crippen LogP contribution < -0.4 is 16.6 Å². The molecule has 1 aliphatic heterocycles. The highest BCUT2D eigenvalue weighted by atomic mass is 31.3. The van der Waals surface area contributed by atoms with Gasteiger partial charge in [-0.25, -0.2) is 18.5 Å². The van der Waals surface area contributed by atoms with E-state index in [1.54, 1.807) is 0 Å². The van der Waals surface area contributed by atoms with E-state index in [0.717, 1.165) is 10.8 Å². The smallest absolute Gasteiger partial charge is 0.394 e. The second kappa shape index (κ2) is 14.0. The maximum absolute atomic E-state index is 12.3. The zero-order valence-electron chi connectivity index (χ0n) is 19.5. The van der Waals surface area contributed by atoms with Crippen LogP contribution in [0.1, 0.15) is 18.2 Å². The third-order valence-corrected chi connectivity index (χ3v) is 8.17. The van der Waals surface area contributed by atoms with Gasteiger partial charge in [-0.2, -0.15) is 8.62 Å². The highest BCUT2D eigenvalue weighted by Crippen LogP contribution is 2.66. The van der Waals surface area contributed by atoms with E-state index in [1.165, 1.54) is 0 Å². The van der Waals surface area contributed by atoms with E-state index in [4.69, 9.17) is 29.3 Å². The molecule has 0 aromatic carbocycles. The van der Waals surface area contributed by atoms with Crippen molar-refractivity contribution in [2.45, 2.75) is 24.9 Å². The number of carbonyl (C=O) groups excluding carboxylic acids is 1. The van der Waals surface area contributed by atoms with Crippen molar-refractivity contribution in [1.29, 1.82) is 0 Å². The summed E-state index contributed by atoms with van der Waals surface area (Å²) in [5, 5.41) is 21.1. The van der Waals surface area contributed by atoms with Crippen molar-refractivity contribution in [3.63, 3.8) is 0 Å². The van der Waals surface area contributed by atoms with Gasteiger partial charge in [0.1, 0.15) is 24.5 Å². The van der Waals surface area contributed by atoms with Crippen molar-refractivity contribution >= 4 is 29.4 Å². The van der Waals surface area contributed by atoms with Gasteiger partial charge in [0.2, 0.25) is 5.91 Å². The number of rotatable bonds is 13. The van der Waals surface area contributed by atoms with Crippen LogP contribution in [-0.4, -0.2) is 90.4 Å². The molecule has 5 atom stereocenters. The number of nitrogens with zero attached hydrogens (tertiary/aromatic N) is 1. The minimum absolute atomic E-state index is 0.0346. The SMILES string of the molecule is O=C(COCCO)NCC#Cc1cn([C@H]2C[C@@H](O)[C@@H](COP(=O)(O)OP(=O)(O)OP(=O)(O)O)O2)c(=O)[nH]c1=O. The minimum atomic E-state index is -5.75. The van der Waals surface area contributed by atoms with Gasteiger partial charge in [0.25, 0.3) is 5.56 Å². The fraction of sp³-hybridized carbons (Fsp3) is 0.562. The van der Waals surface area contributed by atoms with Crippen molar-refractivity contribution in [2.24, 2.45) is 0 Å². The fourth-order valence-corrected chi connectivity index (χ4v) is 5.89. The number of hydrogen-bond acceptors (Lipinski definition) is 13. The molecule has 1 saturated heterocycles. The quantitative estimate of drug-likeness (QED) is 0.0617. The van der Waals surface area contributed by atoms with Gasteiger partial charge in [0, 0.05) is 12.6 Å². The molecular weight excluding hydrogens is 599 g/mol. The normalized spacial score (nSPS) is 22.4. The number of aromatic amines is 1. The standard InChI is InChI=1S/C16H24N3O17P3/c20-4-5-32-9-13(22)17-3-1-2-10-7-19(16(24)18-15(10)23)14-6-11(21)12(34-14)8-33-38(28,29)36-39(30,31)35-37(25,26)27/h7,11-12,14,20-21H,3-6,8-9H2,(H,17,22)(H,28,29)(H,30,31)(H,18,23,24)(H2,25,26,27)/t11-,12-,14-/m1/s1. The lowest BCUT2D eigenvalue weighted by Gasteiger charge is -2.19. The van der Waals surface area contributed by atoms with Crippen molar-refractivity contribution in [2.75, 3.05) is 33.0 Å². The van der Waals surface area contributed by atoms with Gasteiger partial charge in [0.05, 0.1) is 32.5 Å². The molecule has 8 N–H and O–H groups in total. The number of amides is 1. The van der Waals surface area contributed by atoms with Gasteiger partial charge >= 0.3 is 29.2 Å². The lowest BCUT2D eigenvalue weighted by atomic mass is 10.2. The maximum atomic E-state index is 12.3. The second-order valence-electron chi connectivity index (χ2n) is 7.38. The van der Waals surface area contributed by atoms with Gasteiger partial charge < -0.3 is 44.6 Å². The molecule has 220 valence electrons. The molecule has 0 bridgehead atoms. The van der Waals surface area contributed by atoms with E-state index in [-0.39, 0.29) is 38.3 Å². The third-order valence-electron chi connectivity index (χ3n) is 4.37. The first kappa shape index (κ1) is 33.2. The van der Waals surface area contributed by atoms with Crippen molar-refractivity contribution in [3.8, 4) is 11.8 Å². The van der Waals surface area contributed by atoms with Crippen LogP contribution in [0.25, 0.3) is 0 Å². The number of ether oxygens (including phenoxy) is 2. The van der Waals surface area contributed by atoms with Crippen LogP contribution in [-0.2, 0) is 41.1 Å². The van der Waals surface area contributed by atoms with Crippen LogP contribution in [0.15, 0.2) is 15.8 Å². The zero-order valence-corrected chi connectivity index (χ0v) is 22.2. The van der Waals surface area contributed by atoms with E-state index in [2.05, 4.69) is 30.3 Å². The average Bonchev–Trinajstić information content (AvgIpc) is 3.14. The van der Waals surface area contributed by atoms with Crippen LogP contribution in [0, 0.1) is 11.8 Å². The first-order valence-corrected chi connectivity index (χ1v) is 15.0. The van der Waals surface area contributed by atoms with Gasteiger partial charge in [0.15, 0.2) is 0 Å². The number of aliphatic hydroxyl groups excluding tert-OH is 2. The lowest BCUT2D eigenvalue weighted by molar-refractivity contribution is -0.125. The summed E-state index contributed by atoms with van der Waals surface area (Å²) in [6, 6.07) is 0. The molecule has 1 aromatic heterocycles. The van der Waals surface area contributed by atoms with Crippen molar-refractivity contribution in [1.82, 2.24) is 14.9 Å². The minimum Gasteiger partial charge on any atom is -0.394 e. The maximum Gasteiger partial charge on any atom is 0.490 e. The number of hydrogen-bond donors (Lipinski definition) is 8. The summed E-state index contributed by atoms with van der Waals surface area (Å²) in [4.78, 5) is 73.6. The number of carbonyl (C=O) groups is 1. The molecule has 1 aromatic rings. The Hall–Kier alpha value is -2.04. The number of phosphoric ester groups is 1. The Kier molecular flexibility index (Phi) is 11.9. The van der Waals surface area contributed by atoms with Crippen molar-refractivity contribution in [3.05, 3.63) is 32.6 Å². The molecule has 0 aliphatic carbocycles. The van der Waals surface area contributed by atoms with Gasteiger partial charge in [-0.1, -0.05) is 11.8 Å². The number of aliphatic hydroxyl groups is 2. The molecule has 1 fully saturated rings. The van der Waals surface area contributed by atoms with Crippen LogP contribution >= 0.6 is 23.5 Å². The Labute approximate surface area is 217 Å². The predicted octanol–water partition coefficient (Wildman–Crippen LogP) is -3.00. The van der Waals surface area contributed by atoms with Crippen LogP contribution in [0.2, 0.25) is 0 Å². The topological polar surface area (TPSA) is 303 Å². The Morgan fingerprint density at radius 2 is 1.87 bits per heavy atom. The highest BCUT2D eigenvalue weighted by molar-refractivity contribution is 7.66. The van der Waals surface area contributed by atoms with E-state index >= 15 is 0 Å². The van der Waals surface area contributed by atoms with Crippen LogP contribution in [0.5, 0.6) is 0 Å². The summed E-state index contributed by atoms with van der Waals surface area (Å²) >= 11 is 0. The molecule has 0 saturated carbocycles. The molecule has 2 heterocycles. The number of aromatic nitrogens is 2. The molecule has 20 nitrogen and oxygen atoms in total. The molecular formula is C16H24N3O17P3. The summed E-state index contributed by atoms with van der Waals surface area (Å²) in [5.74, 6) is 4.38. The Morgan fingerprint density at radius 1 is 1.18 bits per heavy atom. The van der Waals surface area contributed by atoms with Crippen molar-refractivity contribution < 1.29 is 70.9 Å². The number of H-pyrrole nitrogens is 1.